The number of aliphatic hydroxyl groups excluding tert-OH is 2. The van der Waals surface area contributed by atoms with Crippen LogP contribution in [-0.2, 0) is 19.1 Å². The Balaban J connectivity index is 0. The molecule has 0 aromatic carbocycles. The van der Waals surface area contributed by atoms with Crippen LogP contribution in [0, 0.1) is 0 Å². The largest absolute Gasteiger partial charge is 0.394 e. The van der Waals surface area contributed by atoms with Gasteiger partial charge in [0.15, 0.2) is 0 Å². The fourth-order valence-corrected chi connectivity index (χ4v) is 1.05. The summed E-state index contributed by atoms with van der Waals surface area (Å²) < 4.78 is 9.81. The molecule has 0 heterocycles. The highest BCUT2D eigenvalue weighted by Gasteiger charge is 1.98. The molecule has 0 aromatic heterocycles. The van der Waals surface area contributed by atoms with Crippen LogP contribution in [-0.4, -0.2) is 82.2 Å². The number of carbonyl (C=O) groups is 2. The molecule has 0 rings (SSSR count). The lowest BCUT2D eigenvalue weighted by molar-refractivity contribution is -0.122. The Labute approximate surface area is 125 Å². The summed E-state index contributed by atoms with van der Waals surface area (Å²) in [5.41, 5.74) is 0. The molecule has 0 aliphatic carbocycles. The third-order valence-corrected chi connectivity index (χ3v) is 2.03. The van der Waals surface area contributed by atoms with Gasteiger partial charge in [-0.15, -0.1) is 0 Å². The second-order valence-corrected chi connectivity index (χ2v) is 3.83. The van der Waals surface area contributed by atoms with E-state index >= 15 is 0 Å². The molecular formula is C13H28N2O6. The molecule has 0 spiro atoms. The van der Waals surface area contributed by atoms with Crippen LogP contribution in [0.5, 0.6) is 0 Å². The van der Waals surface area contributed by atoms with E-state index in [9.17, 15) is 9.59 Å². The van der Waals surface area contributed by atoms with E-state index in [0.717, 1.165) is 6.54 Å². The molecular weight excluding hydrogens is 280 g/mol. The number of aliphatic hydroxyl groups is 2. The number of rotatable bonds is 13. The summed E-state index contributed by atoms with van der Waals surface area (Å²) >= 11 is 0. The quantitative estimate of drug-likeness (QED) is 0.237. The molecule has 4 N–H and O–H groups in total. The lowest BCUT2D eigenvalue weighted by atomic mass is 10.3. The van der Waals surface area contributed by atoms with Crippen LogP contribution in [0.25, 0.3) is 0 Å². The molecule has 0 bridgehead atoms. The van der Waals surface area contributed by atoms with E-state index in [2.05, 4.69) is 10.6 Å². The molecule has 126 valence electrons. The molecule has 21 heavy (non-hydrogen) atoms. The van der Waals surface area contributed by atoms with Crippen molar-refractivity contribution < 1.29 is 29.3 Å². The number of hydrogen-bond donors (Lipinski definition) is 4. The summed E-state index contributed by atoms with van der Waals surface area (Å²) in [5.74, 6) is -0.153. The van der Waals surface area contributed by atoms with Crippen LogP contribution in [0.2, 0.25) is 0 Å². The maximum absolute atomic E-state index is 10.9. The van der Waals surface area contributed by atoms with E-state index in [1.54, 1.807) is 0 Å². The SMILES string of the molecule is CNCCOCCO.O=CCCC(=O)NCCOCCO. The molecule has 0 aliphatic rings. The lowest BCUT2D eigenvalue weighted by Gasteiger charge is -2.03. The van der Waals surface area contributed by atoms with Gasteiger partial charge in [-0.2, -0.15) is 0 Å². The molecule has 0 saturated heterocycles. The fourth-order valence-electron chi connectivity index (χ4n) is 1.05. The summed E-state index contributed by atoms with van der Waals surface area (Å²) in [7, 11) is 1.86. The second kappa shape index (κ2) is 21.2. The lowest BCUT2D eigenvalue weighted by Crippen LogP contribution is -2.27. The molecule has 0 saturated carbocycles. The molecule has 0 aliphatic heterocycles. The maximum Gasteiger partial charge on any atom is 0.220 e. The molecule has 0 aromatic rings. The molecule has 8 heteroatoms. The monoisotopic (exact) mass is 308 g/mol. The first-order chi connectivity index (χ1) is 10.2. The van der Waals surface area contributed by atoms with Crippen LogP contribution in [0.3, 0.4) is 0 Å². The van der Waals surface area contributed by atoms with Crippen molar-refractivity contribution in [3.05, 3.63) is 0 Å². The molecule has 0 unspecified atom stereocenters. The molecule has 0 atom stereocenters. The first-order valence-electron chi connectivity index (χ1n) is 6.95. The number of ether oxygens (including phenoxy) is 2. The zero-order chi connectivity index (χ0) is 16.2. The van der Waals surface area contributed by atoms with Crippen molar-refractivity contribution in [2.75, 3.05) is 59.8 Å². The van der Waals surface area contributed by atoms with Gasteiger partial charge in [-0.1, -0.05) is 0 Å². The van der Waals surface area contributed by atoms with Gasteiger partial charge < -0.3 is 35.1 Å². The number of likely N-dealkylation sites (N-methyl/N-ethyl adjacent to an activating group) is 1. The summed E-state index contributed by atoms with van der Waals surface area (Å²) in [6.07, 6.45) is 1.19. The van der Waals surface area contributed by atoms with E-state index < -0.39 is 0 Å². The topological polar surface area (TPSA) is 117 Å². The van der Waals surface area contributed by atoms with Crippen molar-refractivity contribution in [2.45, 2.75) is 12.8 Å². The number of amides is 1. The average Bonchev–Trinajstić information content (AvgIpc) is 2.50. The normalized spacial score (nSPS) is 9.67. The summed E-state index contributed by atoms with van der Waals surface area (Å²) in [5, 5.41) is 22.1. The van der Waals surface area contributed by atoms with Crippen molar-refractivity contribution in [1.29, 1.82) is 0 Å². The first kappa shape index (κ1) is 22.2. The zero-order valence-electron chi connectivity index (χ0n) is 12.7. The maximum atomic E-state index is 10.9. The molecule has 1 amide bonds. The number of aldehydes is 1. The van der Waals surface area contributed by atoms with E-state index in [4.69, 9.17) is 19.7 Å². The average molecular weight is 308 g/mol. The highest BCUT2D eigenvalue weighted by atomic mass is 16.5. The van der Waals surface area contributed by atoms with Gasteiger partial charge in [-0.3, -0.25) is 4.79 Å². The van der Waals surface area contributed by atoms with Crippen LogP contribution < -0.4 is 10.6 Å². The Morgan fingerprint density at radius 1 is 1.05 bits per heavy atom. The molecule has 8 nitrogen and oxygen atoms in total. The van der Waals surface area contributed by atoms with Crippen molar-refractivity contribution in [1.82, 2.24) is 10.6 Å². The van der Waals surface area contributed by atoms with Gasteiger partial charge in [0.05, 0.1) is 39.6 Å². The Kier molecular flexibility index (Phi) is 22.5. The highest BCUT2D eigenvalue weighted by molar-refractivity contribution is 5.77. The highest BCUT2D eigenvalue weighted by Crippen LogP contribution is 1.83. The Bertz CT molecular complexity index is 223. The van der Waals surface area contributed by atoms with Gasteiger partial charge >= 0.3 is 0 Å². The molecule has 0 radical (unpaired) electrons. The summed E-state index contributed by atoms with van der Waals surface area (Å²) in [6, 6.07) is 0. The van der Waals surface area contributed by atoms with Crippen molar-refractivity contribution in [2.24, 2.45) is 0 Å². The van der Waals surface area contributed by atoms with Gasteiger partial charge in [-0.05, 0) is 7.05 Å². The smallest absolute Gasteiger partial charge is 0.220 e. The zero-order valence-corrected chi connectivity index (χ0v) is 12.7. The van der Waals surface area contributed by atoms with Crippen molar-refractivity contribution in [3.63, 3.8) is 0 Å². The van der Waals surface area contributed by atoms with Crippen LogP contribution >= 0.6 is 0 Å². The minimum absolute atomic E-state index is 0.0148. The van der Waals surface area contributed by atoms with E-state index in [0.29, 0.717) is 32.7 Å². The summed E-state index contributed by atoms with van der Waals surface area (Å²) in [6.45, 7) is 3.15. The van der Waals surface area contributed by atoms with E-state index in [-0.39, 0.29) is 38.6 Å². The minimum Gasteiger partial charge on any atom is -0.394 e. The second-order valence-electron chi connectivity index (χ2n) is 3.83. The summed E-state index contributed by atoms with van der Waals surface area (Å²) in [4.78, 5) is 20.8. The number of hydrogen-bond acceptors (Lipinski definition) is 7. The third kappa shape index (κ3) is 24.4. The minimum atomic E-state index is -0.153. The Hall–Kier alpha value is -1.06. The first-order valence-corrected chi connectivity index (χ1v) is 6.95. The Morgan fingerprint density at radius 2 is 1.62 bits per heavy atom. The third-order valence-electron chi connectivity index (χ3n) is 2.03. The van der Waals surface area contributed by atoms with Gasteiger partial charge in [0.25, 0.3) is 0 Å². The predicted octanol–water partition coefficient (Wildman–Crippen LogP) is -1.69. The van der Waals surface area contributed by atoms with Crippen molar-refractivity contribution >= 4 is 12.2 Å². The molecule has 0 fully saturated rings. The van der Waals surface area contributed by atoms with Crippen LogP contribution in [0.15, 0.2) is 0 Å². The van der Waals surface area contributed by atoms with Gasteiger partial charge in [-0.25, -0.2) is 0 Å². The Morgan fingerprint density at radius 3 is 2.10 bits per heavy atom. The van der Waals surface area contributed by atoms with Gasteiger partial charge in [0.1, 0.15) is 6.29 Å². The fraction of sp³-hybridized carbons (Fsp3) is 0.846. The predicted molar refractivity (Wildman–Crippen MR) is 78.0 cm³/mol. The number of nitrogens with one attached hydrogen (secondary N) is 2. The van der Waals surface area contributed by atoms with Crippen molar-refractivity contribution in [3.8, 4) is 0 Å². The standard InChI is InChI=1S/C8H15NO4.C5H13NO2/c10-4-1-2-8(12)9-3-6-13-7-5-11;1-6-2-4-8-5-3-7/h4,11H,1-3,5-7H2,(H,9,12);6-7H,2-5H2,1H3. The number of carbonyl (C=O) groups excluding carboxylic acids is 2. The van der Waals surface area contributed by atoms with Gasteiger partial charge in [0, 0.05) is 25.9 Å². The van der Waals surface area contributed by atoms with E-state index in [1.807, 2.05) is 7.05 Å². The van der Waals surface area contributed by atoms with Gasteiger partial charge in [0.2, 0.25) is 5.91 Å². The van der Waals surface area contributed by atoms with E-state index in [1.165, 1.54) is 0 Å². The van der Waals surface area contributed by atoms with Crippen LogP contribution in [0.1, 0.15) is 12.8 Å². The van der Waals surface area contributed by atoms with Crippen LogP contribution in [0.4, 0.5) is 0 Å².